The van der Waals surface area contributed by atoms with Crippen molar-refractivity contribution in [2.45, 2.75) is 43.4 Å². The van der Waals surface area contributed by atoms with Gasteiger partial charge in [-0.3, -0.25) is 0 Å². The highest BCUT2D eigenvalue weighted by Crippen LogP contribution is 2.29. The van der Waals surface area contributed by atoms with E-state index in [1.54, 1.807) is 0 Å². The van der Waals surface area contributed by atoms with Crippen molar-refractivity contribution in [3.05, 3.63) is 0 Å². The van der Waals surface area contributed by atoms with E-state index in [0.717, 1.165) is 6.92 Å². The Morgan fingerprint density at radius 3 is 2.39 bits per heavy atom. The van der Waals surface area contributed by atoms with Crippen molar-refractivity contribution in [2.24, 2.45) is 0 Å². The molecule has 0 spiro atoms. The Hall–Kier alpha value is -0.810. The summed E-state index contributed by atoms with van der Waals surface area (Å²) >= 11 is 0. The number of esters is 1. The van der Waals surface area contributed by atoms with E-state index in [4.69, 9.17) is 10.2 Å². The molecule has 0 aromatic carbocycles. The van der Waals surface area contributed by atoms with Gasteiger partial charge in [0.2, 0.25) is 0 Å². The lowest BCUT2D eigenvalue weighted by Gasteiger charge is -2.43. The second kappa shape index (κ2) is 5.45. The molecule has 1 unspecified atom stereocenters. The minimum absolute atomic E-state index is 0.792. The average molecular weight is 268 g/mol. The summed E-state index contributed by atoms with van der Waals surface area (Å²) in [6.45, 7) is 0.259. The normalized spacial score (nSPS) is 42.4. The van der Waals surface area contributed by atoms with Crippen molar-refractivity contribution >= 4 is 5.97 Å². The second-order valence-corrected chi connectivity index (χ2v) is 3.99. The van der Waals surface area contributed by atoms with E-state index in [9.17, 15) is 25.2 Å². The van der Waals surface area contributed by atoms with Crippen LogP contribution in [0.15, 0.2) is 0 Å². The van der Waals surface area contributed by atoms with Crippen LogP contribution in [0.2, 0.25) is 0 Å². The highest BCUT2D eigenvalue weighted by molar-refractivity contribution is 5.74. The number of carbonyl (C=O) groups excluding carboxylic acids is 1. The molecule has 0 bridgehead atoms. The van der Waals surface area contributed by atoms with E-state index in [-0.39, 0.29) is 0 Å². The highest BCUT2D eigenvalue weighted by Gasteiger charge is 2.56. The number of hydrogen-bond acceptors (Lipinski definition) is 9. The number of rotatable bonds is 3. The quantitative estimate of drug-likeness (QED) is 0.222. The summed E-state index contributed by atoms with van der Waals surface area (Å²) in [6.07, 6.45) is -8.78. The number of ether oxygens (including phenoxy) is 2. The first kappa shape index (κ1) is 15.2. The largest absolute Gasteiger partial charge is 0.404 e. The van der Waals surface area contributed by atoms with Crippen LogP contribution in [0.25, 0.3) is 0 Å². The fourth-order valence-corrected chi connectivity index (χ4v) is 1.44. The fraction of sp³-hybridized carbons (Fsp3) is 0.889. The molecule has 1 aliphatic rings. The van der Waals surface area contributed by atoms with E-state index in [0.29, 0.717) is 0 Å². The lowest BCUT2D eigenvalue weighted by molar-refractivity contribution is -0.435. The van der Waals surface area contributed by atoms with Gasteiger partial charge in [-0.15, -0.1) is 0 Å². The molecule has 1 rings (SSSR count). The third-order valence-electron chi connectivity index (χ3n) is 2.52. The summed E-state index contributed by atoms with van der Waals surface area (Å²) in [6, 6.07) is 0. The number of hydrogen-bond donors (Lipinski definition) is 6. The Kier molecular flexibility index (Phi) is 4.61. The third kappa shape index (κ3) is 2.78. The molecule has 1 aliphatic heterocycles. The Balaban J connectivity index is 2.88. The summed E-state index contributed by atoms with van der Waals surface area (Å²) in [5.74, 6) is -4.27. The summed E-state index contributed by atoms with van der Waals surface area (Å²) in [5.41, 5.74) is 0. The number of aliphatic hydroxyl groups is 6. The summed E-state index contributed by atoms with van der Waals surface area (Å²) in [4.78, 5) is 11.1. The van der Waals surface area contributed by atoms with Crippen molar-refractivity contribution in [1.82, 2.24) is 0 Å². The molecular formula is C9H16O9. The first-order valence-electron chi connectivity index (χ1n) is 5.19. The van der Waals surface area contributed by atoms with Crippen LogP contribution in [0.3, 0.4) is 0 Å². The molecule has 9 heteroatoms. The highest BCUT2D eigenvalue weighted by atomic mass is 16.8. The predicted molar refractivity (Wildman–Crippen MR) is 52.7 cm³/mol. The maximum absolute atomic E-state index is 11.1. The topological polar surface area (TPSA) is 157 Å². The van der Waals surface area contributed by atoms with Crippen LogP contribution >= 0.6 is 0 Å². The molecule has 1 fully saturated rings. The Labute approximate surface area is 102 Å². The minimum atomic E-state index is -2.96. The summed E-state index contributed by atoms with van der Waals surface area (Å²) in [7, 11) is 0. The molecule has 9 nitrogen and oxygen atoms in total. The van der Waals surface area contributed by atoms with Gasteiger partial charge in [-0.05, 0) is 6.92 Å². The number of carbonyl (C=O) groups is 1. The van der Waals surface area contributed by atoms with Crippen LogP contribution in [0.4, 0.5) is 0 Å². The van der Waals surface area contributed by atoms with Crippen LogP contribution in [0.5, 0.6) is 0 Å². The Morgan fingerprint density at radius 1 is 1.39 bits per heavy atom. The van der Waals surface area contributed by atoms with E-state index >= 15 is 0 Å². The van der Waals surface area contributed by atoms with E-state index in [1.807, 2.05) is 0 Å². The van der Waals surface area contributed by atoms with Gasteiger partial charge in [-0.25, -0.2) is 4.79 Å². The smallest absolute Gasteiger partial charge is 0.357 e. The van der Waals surface area contributed by atoms with Crippen LogP contribution in [0, 0.1) is 0 Å². The first-order chi connectivity index (χ1) is 8.23. The van der Waals surface area contributed by atoms with Gasteiger partial charge in [0.15, 0.2) is 6.10 Å². The SMILES string of the molecule is CC(O)C(=O)O[C@@]1(O)O[C@H](CO)[C@H](O)[C@H](O)[C@H]1O. The zero-order valence-corrected chi connectivity index (χ0v) is 9.50. The van der Waals surface area contributed by atoms with Crippen molar-refractivity contribution in [3.8, 4) is 0 Å². The van der Waals surface area contributed by atoms with E-state index in [2.05, 4.69) is 9.47 Å². The standard InChI is InChI=1S/C9H16O9/c1-3(11)8(15)18-9(16)7(14)6(13)5(12)4(2-10)17-9/h3-7,10-14,16H,2H2,1H3/t3?,4-,5+,6+,7-,9+/m1/s1. The molecule has 6 N–H and O–H groups in total. The van der Waals surface area contributed by atoms with Crippen LogP contribution in [-0.4, -0.2) is 79.7 Å². The van der Waals surface area contributed by atoms with Gasteiger partial charge in [0, 0.05) is 0 Å². The zero-order chi connectivity index (χ0) is 14.1. The molecule has 0 aliphatic carbocycles. The second-order valence-electron chi connectivity index (χ2n) is 3.99. The molecule has 106 valence electrons. The fourth-order valence-electron chi connectivity index (χ4n) is 1.44. The third-order valence-corrected chi connectivity index (χ3v) is 2.52. The molecule has 6 atom stereocenters. The van der Waals surface area contributed by atoms with Gasteiger partial charge in [0.25, 0.3) is 0 Å². The molecular weight excluding hydrogens is 252 g/mol. The zero-order valence-electron chi connectivity index (χ0n) is 9.50. The average Bonchev–Trinajstić information content (AvgIpc) is 2.31. The van der Waals surface area contributed by atoms with Crippen LogP contribution in [0.1, 0.15) is 6.92 Å². The molecule has 0 radical (unpaired) electrons. The van der Waals surface area contributed by atoms with Gasteiger partial charge < -0.3 is 40.1 Å². The van der Waals surface area contributed by atoms with Gasteiger partial charge in [0.1, 0.15) is 24.4 Å². The number of aliphatic hydroxyl groups excluding tert-OH is 5. The monoisotopic (exact) mass is 268 g/mol. The summed E-state index contributed by atoms with van der Waals surface area (Å²) in [5, 5.41) is 55.8. The van der Waals surface area contributed by atoms with Crippen LogP contribution < -0.4 is 0 Å². The molecule has 0 aromatic heterocycles. The molecule has 1 saturated heterocycles. The first-order valence-corrected chi connectivity index (χ1v) is 5.19. The van der Waals surface area contributed by atoms with Gasteiger partial charge in [0.05, 0.1) is 6.61 Å². The van der Waals surface area contributed by atoms with Crippen molar-refractivity contribution in [1.29, 1.82) is 0 Å². The molecule has 0 saturated carbocycles. The molecule has 0 aromatic rings. The van der Waals surface area contributed by atoms with Gasteiger partial charge >= 0.3 is 11.9 Å². The van der Waals surface area contributed by atoms with Gasteiger partial charge in [-0.2, -0.15) is 0 Å². The predicted octanol–water partition coefficient (Wildman–Crippen LogP) is -3.97. The Morgan fingerprint density at radius 2 is 1.94 bits per heavy atom. The lowest BCUT2D eigenvalue weighted by atomic mass is 9.98. The molecule has 0 amide bonds. The minimum Gasteiger partial charge on any atom is -0.404 e. The summed E-state index contributed by atoms with van der Waals surface area (Å²) < 4.78 is 8.95. The van der Waals surface area contributed by atoms with Crippen LogP contribution in [-0.2, 0) is 14.3 Å². The molecule has 1 heterocycles. The lowest BCUT2D eigenvalue weighted by Crippen LogP contribution is -2.66. The maximum atomic E-state index is 11.1. The van der Waals surface area contributed by atoms with Crippen molar-refractivity contribution in [2.75, 3.05) is 6.61 Å². The van der Waals surface area contributed by atoms with Crippen molar-refractivity contribution in [3.63, 3.8) is 0 Å². The van der Waals surface area contributed by atoms with Crippen molar-refractivity contribution < 1.29 is 44.9 Å². The van der Waals surface area contributed by atoms with E-state index < -0.39 is 49.1 Å². The maximum Gasteiger partial charge on any atom is 0.357 e. The Bertz CT molecular complexity index is 304. The molecule has 18 heavy (non-hydrogen) atoms. The van der Waals surface area contributed by atoms with E-state index in [1.165, 1.54) is 0 Å². The van der Waals surface area contributed by atoms with Gasteiger partial charge in [-0.1, -0.05) is 0 Å².